The van der Waals surface area contributed by atoms with Crippen molar-refractivity contribution >= 4 is 24.0 Å². The lowest BCUT2D eigenvalue weighted by Gasteiger charge is -2.09. The zero-order chi connectivity index (χ0) is 14.3. The molecule has 0 aliphatic heterocycles. The Hall–Kier alpha value is -2.18. The van der Waals surface area contributed by atoms with E-state index in [1.54, 1.807) is 26.8 Å². The molecular formula is C12H16N2O5. The summed E-state index contributed by atoms with van der Waals surface area (Å²) < 4.78 is 14.4. The highest BCUT2D eigenvalue weighted by Gasteiger charge is 2.27. The molecule has 0 saturated heterocycles. The molecule has 1 aromatic heterocycles. The lowest BCUT2D eigenvalue weighted by atomic mass is 10.2. The number of aryl methyl sites for hydroxylation is 1. The first-order valence-corrected chi connectivity index (χ1v) is 5.89. The van der Waals surface area contributed by atoms with Crippen LogP contribution in [0.15, 0.2) is 15.6 Å². The lowest BCUT2D eigenvalue weighted by molar-refractivity contribution is -0.157. The largest absolute Gasteiger partial charge is 0.465 e. The van der Waals surface area contributed by atoms with Crippen molar-refractivity contribution in [2.45, 2.75) is 20.8 Å². The average Bonchev–Trinajstić information content (AvgIpc) is 2.76. The molecule has 1 aromatic rings. The minimum absolute atomic E-state index is 0.171. The van der Waals surface area contributed by atoms with Gasteiger partial charge in [-0.25, -0.2) is 4.99 Å². The number of hydrogen-bond acceptors (Lipinski definition) is 7. The Kier molecular flexibility index (Phi) is 5.72. The van der Waals surface area contributed by atoms with Crippen molar-refractivity contribution in [3.63, 3.8) is 0 Å². The Morgan fingerprint density at radius 2 is 1.95 bits per heavy atom. The fraction of sp³-hybridized carbons (Fsp3) is 0.500. The van der Waals surface area contributed by atoms with E-state index in [-0.39, 0.29) is 19.1 Å². The zero-order valence-electron chi connectivity index (χ0n) is 11.1. The van der Waals surface area contributed by atoms with E-state index in [1.807, 2.05) is 0 Å². The Morgan fingerprint density at radius 1 is 1.37 bits per heavy atom. The average molecular weight is 268 g/mol. The van der Waals surface area contributed by atoms with Gasteiger partial charge in [0.1, 0.15) is 0 Å². The van der Waals surface area contributed by atoms with Gasteiger partial charge >= 0.3 is 11.9 Å². The van der Waals surface area contributed by atoms with Crippen molar-refractivity contribution in [1.82, 2.24) is 5.16 Å². The molecule has 0 spiro atoms. The summed E-state index contributed by atoms with van der Waals surface area (Å²) in [6, 6.07) is 1.57. The summed E-state index contributed by atoms with van der Waals surface area (Å²) in [5.41, 5.74) is 0.649. The third-order valence-electron chi connectivity index (χ3n) is 2.05. The maximum atomic E-state index is 11.6. The minimum Gasteiger partial charge on any atom is -0.465 e. The van der Waals surface area contributed by atoms with Crippen LogP contribution < -0.4 is 0 Å². The molecule has 0 amide bonds. The van der Waals surface area contributed by atoms with Gasteiger partial charge in [-0.3, -0.25) is 9.59 Å². The zero-order valence-corrected chi connectivity index (χ0v) is 11.1. The van der Waals surface area contributed by atoms with E-state index in [1.165, 1.54) is 0 Å². The second-order valence-electron chi connectivity index (χ2n) is 3.57. The highest BCUT2D eigenvalue weighted by Crippen LogP contribution is 2.13. The molecular weight excluding hydrogens is 252 g/mol. The summed E-state index contributed by atoms with van der Waals surface area (Å²) in [6.07, 6.45) is 1.13. The van der Waals surface area contributed by atoms with Crippen molar-refractivity contribution < 1.29 is 23.6 Å². The molecule has 0 saturated carbocycles. The van der Waals surface area contributed by atoms with Crippen LogP contribution in [0.3, 0.4) is 0 Å². The molecule has 7 nitrogen and oxygen atoms in total. The molecule has 0 atom stereocenters. The minimum atomic E-state index is -1.20. The van der Waals surface area contributed by atoms with Crippen LogP contribution in [-0.2, 0) is 19.1 Å². The maximum Gasteiger partial charge on any atom is 0.325 e. The second kappa shape index (κ2) is 7.30. The van der Waals surface area contributed by atoms with Gasteiger partial charge in [0.25, 0.3) is 0 Å². The number of carbonyl (C=O) groups is 2. The summed E-state index contributed by atoms with van der Waals surface area (Å²) >= 11 is 0. The number of aliphatic imine (C=N–C) groups is 1. The van der Waals surface area contributed by atoms with E-state index in [0.717, 1.165) is 6.21 Å². The van der Waals surface area contributed by atoms with Gasteiger partial charge in [-0.15, -0.1) is 0 Å². The van der Waals surface area contributed by atoms with Crippen molar-refractivity contribution in [2.24, 2.45) is 10.9 Å². The molecule has 0 aliphatic carbocycles. The molecule has 1 heterocycles. The highest BCUT2D eigenvalue weighted by molar-refractivity contribution is 6.09. The van der Waals surface area contributed by atoms with Gasteiger partial charge in [-0.1, -0.05) is 5.16 Å². The summed E-state index contributed by atoms with van der Waals surface area (Å²) in [6.45, 7) is 5.37. The number of carbonyl (C=O) groups excluding carboxylic acids is 2. The standard InChI is InChI=1S/C12H16N2O5/c1-4-17-11(15)9(12(16)18-5-2)7-13-10-6-8(3)14-19-10/h6-7,9H,4-5H2,1-3H3. The van der Waals surface area contributed by atoms with Gasteiger partial charge in [0.15, 0.2) is 5.92 Å². The Morgan fingerprint density at radius 3 is 2.37 bits per heavy atom. The topological polar surface area (TPSA) is 91.0 Å². The Balaban J connectivity index is 2.81. The lowest BCUT2D eigenvalue weighted by Crippen LogP contribution is -2.29. The van der Waals surface area contributed by atoms with Crippen LogP contribution in [0, 0.1) is 12.8 Å². The summed E-state index contributed by atoms with van der Waals surface area (Å²) in [4.78, 5) is 27.1. The number of esters is 2. The van der Waals surface area contributed by atoms with Crippen LogP contribution in [0.4, 0.5) is 5.88 Å². The Labute approximate surface area is 110 Å². The third kappa shape index (κ3) is 4.53. The van der Waals surface area contributed by atoms with Gasteiger partial charge in [0.05, 0.1) is 18.9 Å². The van der Waals surface area contributed by atoms with E-state index in [2.05, 4.69) is 10.1 Å². The fourth-order valence-corrected chi connectivity index (χ4v) is 1.24. The predicted octanol–water partition coefficient (Wildman–Crippen LogP) is 1.43. The summed E-state index contributed by atoms with van der Waals surface area (Å²) in [5, 5.41) is 3.64. The van der Waals surface area contributed by atoms with Crippen LogP contribution in [0.1, 0.15) is 19.5 Å². The number of aromatic nitrogens is 1. The number of ether oxygens (including phenoxy) is 2. The van der Waals surface area contributed by atoms with E-state index in [4.69, 9.17) is 14.0 Å². The molecule has 0 aromatic carbocycles. The molecule has 0 unspecified atom stereocenters. The molecule has 19 heavy (non-hydrogen) atoms. The third-order valence-corrected chi connectivity index (χ3v) is 2.05. The highest BCUT2D eigenvalue weighted by atomic mass is 16.6. The molecule has 1 rings (SSSR count). The molecule has 0 fully saturated rings. The second-order valence-corrected chi connectivity index (χ2v) is 3.57. The fourth-order valence-electron chi connectivity index (χ4n) is 1.24. The maximum absolute atomic E-state index is 11.6. The molecule has 0 N–H and O–H groups in total. The number of nitrogens with zero attached hydrogens (tertiary/aromatic N) is 2. The van der Waals surface area contributed by atoms with Crippen LogP contribution >= 0.6 is 0 Å². The number of rotatable bonds is 6. The van der Waals surface area contributed by atoms with Crippen molar-refractivity contribution in [3.8, 4) is 0 Å². The van der Waals surface area contributed by atoms with Gasteiger partial charge in [0, 0.05) is 12.3 Å². The monoisotopic (exact) mass is 268 g/mol. The van der Waals surface area contributed by atoms with Gasteiger partial charge in [0.2, 0.25) is 5.88 Å². The SMILES string of the molecule is CCOC(=O)C(C=Nc1cc(C)no1)C(=O)OCC. The van der Waals surface area contributed by atoms with E-state index in [9.17, 15) is 9.59 Å². The van der Waals surface area contributed by atoms with Gasteiger partial charge < -0.3 is 14.0 Å². The van der Waals surface area contributed by atoms with E-state index >= 15 is 0 Å². The predicted molar refractivity (Wildman–Crippen MR) is 66.1 cm³/mol. The quantitative estimate of drug-likeness (QED) is 0.440. The Bertz CT molecular complexity index is 448. The first-order chi connectivity index (χ1) is 9.08. The smallest absolute Gasteiger partial charge is 0.325 e. The van der Waals surface area contributed by atoms with Gasteiger partial charge in [-0.2, -0.15) is 0 Å². The molecule has 0 radical (unpaired) electrons. The van der Waals surface area contributed by atoms with Crippen molar-refractivity contribution in [3.05, 3.63) is 11.8 Å². The normalized spacial score (nSPS) is 10.9. The summed E-state index contributed by atoms with van der Waals surface area (Å²) in [5.74, 6) is -2.41. The van der Waals surface area contributed by atoms with Crippen LogP contribution in [0.25, 0.3) is 0 Å². The summed E-state index contributed by atoms with van der Waals surface area (Å²) in [7, 11) is 0. The van der Waals surface area contributed by atoms with Crippen molar-refractivity contribution in [2.75, 3.05) is 13.2 Å². The van der Waals surface area contributed by atoms with E-state index < -0.39 is 17.9 Å². The van der Waals surface area contributed by atoms with Crippen LogP contribution in [0.5, 0.6) is 0 Å². The van der Waals surface area contributed by atoms with E-state index in [0.29, 0.717) is 5.69 Å². The van der Waals surface area contributed by atoms with Crippen LogP contribution in [0.2, 0.25) is 0 Å². The first kappa shape index (κ1) is 14.9. The first-order valence-electron chi connectivity index (χ1n) is 5.89. The molecule has 104 valence electrons. The van der Waals surface area contributed by atoms with Gasteiger partial charge in [-0.05, 0) is 20.8 Å². The molecule has 0 aliphatic rings. The number of hydrogen-bond donors (Lipinski definition) is 0. The molecule has 7 heteroatoms. The van der Waals surface area contributed by atoms with Crippen molar-refractivity contribution in [1.29, 1.82) is 0 Å². The molecule has 0 bridgehead atoms. The van der Waals surface area contributed by atoms with Crippen LogP contribution in [-0.4, -0.2) is 36.5 Å².